The molecule has 0 aromatic carbocycles. The van der Waals surface area contributed by atoms with E-state index in [1.165, 1.54) is 12.0 Å². The zero-order chi connectivity index (χ0) is 10.0. The highest BCUT2D eigenvalue weighted by Gasteiger charge is 2.33. The number of methoxy groups -OCH3 is 1. The first-order valence-electron chi connectivity index (χ1n) is 3.91. The number of rotatable bonds is 3. The van der Waals surface area contributed by atoms with E-state index in [1.54, 1.807) is 6.92 Å². The summed E-state index contributed by atoms with van der Waals surface area (Å²) in [5, 5.41) is 8.73. The van der Waals surface area contributed by atoms with Gasteiger partial charge in [0.2, 0.25) is 0 Å². The molecule has 13 heavy (non-hydrogen) atoms. The van der Waals surface area contributed by atoms with Crippen LogP contribution in [0.1, 0.15) is 6.92 Å². The van der Waals surface area contributed by atoms with Crippen LogP contribution in [0.25, 0.3) is 0 Å². The maximum Gasteiger partial charge on any atom is 0.337 e. The molecule has 0 aliphatic carbocycles. The molecule has 1 aliphatic rings. The summed E-state index contributed by atoms with van der Waals surface area (Å²) in [6.07, 6.45) is 0. The fourth-order valence-electron chi connectivity index (χ4n) is 1.24. The number of nitrogens with zero attached hydrogens (tertiary/aromatic N) is 1. The second-order valence-corrected chi connectivity index (χ2v) is 2.64. The van der Waals surface area contributed by atoms with E-state index in [9.17, 15) is 9.59 Å². The average Bonchev–Trinajstić information content (AvgIpc) is 2.42. The highest BCUT2D eigenvalue weighted by molar-refractivity contribution is 6.04. The minimum atomic E-state index is -1.10. The summed E-state index contributed by atoms with van der Waals surface area (Å²) in [6.45, 7) is 2.41. The van der Waals surface area contributed by atoms with Gasteiger partial charge in [-0.3, -0.25) is 4.79 Å². The SMILES string of the molecule is CCN1CC(C(=O)O)=C(OC)C1=O. The third-order valence-corrected chi connectivity index (χ3v) is 1.95. The van der Waals surface area contributed by atoms with Gasteiger partial charge in [-0.05, 0) is 6.92 Å². The van der Waals surface area contributed by atoms with Crippen LogP contribution in [-0.2, 0) is 14.3 Å². The number of carboxylic acid groups (broad SMARTS) is 1. The predicted octanol–water partition coefficient (Wildman–Crippen LogP) is -0.166. The summed E-state index contributed by atoms with van der Waals surface area (Å²) in [5.41, 5.74) is 0.0364. The molecular weight excluding hydrogens is 174 g/mol. The van der Waals surface area contributed by atoms with Crippen LogP contribution < -0.4 is 0 Å². The Morgan fingerprint density at radius 1 is 1.69 bits per heavy atom. The Labute approximate surface area is 75.6 Å². The van der Waals surface area contributed by atoms with Crippen LogP contribution in [0.4, 0.5) is 0 Å². The highest BCUT2D eigenvalue weighted by Crippen LogP contribution is 2.19. The van der Waals surface area contributed by atoms with E-state index in [2.05, 4.69) is 0 Å². The van der Waals surface area contributed by atoms with Crippen LogP contribution in [0.3, 0.4) is 0 Å². The van der Waals surface area contributed by atoms with Gasteiger partial charge in [0.25, 0.3) is 5.91 Å². The van der Waals surface area contributed by atoms with E-state index in [0.29, 0.717) is 6.54 Å². The van der Waals surface area contributed by atoms with E-state index < -0.39 is 5.97 Å². The van der Waals surface area contributed by atoms with E-state index in [0.717, 1.165) is 0 Å². The number of hydrogen-bond acceptors (Lipinski definition) is 3. The smallest absolute Gasteiger partial charge is 0.337 e. The average molecular weight is 185 g/mol. The minimum Gasteiger partial charge on any atom is -0.491 e. The number of likely N-dealkylation sites (N-methyl/N-ethyl adjacent to an activating group) is 1. The van der Waals surface area contributed by atoms with Crippen molar-refractivity contribution < 1.29 is 19.4 Å². The lowest BCUT2D eigenvalue weighted by Gasteiger charge is -2.11. The molecule has 1 N–H and O–H groups in total. The van der Waals surface area contributed by atoms with Gasteiger partial charge in [0.15, 0.2) is 5.76 Å². The molecule has 0 aromatic heterocycles. The molecule has 0 spiro atoms. The number of aliphatic carboxylic acids is 1. The van der Waals surface area contributed by atoms with Crippen molar-refractivity contribution in [2.75, 3.05) is 20.2 Å². The monoisotopic (exact) mass is 185 g/mol. The van der Waals surface area contributed by atoms with Crippen LogP contribution in [0.5, 0.6) is 0 Å². The number of ether oxygens (including phenoxy) is 1. The number of carboxylic acids is 1. The van der Waals surface area contributed by atoms with Crippen LogP contribution in [0, 0.1) is 0 Å². The summed E-state index contributed by atoms with van der Waals surface area (Å²) < 4.78 is 4.74. The van der Waals surface area contributed by atoms with Crippen molar-refractivity contribution in [1.29, 1.82) is 0 Å². The van der Waals surface area contributed by atoms with E-state index in [1.807, 2.05) is 0 Å². The third kappa shape index (κ3) is 1.49. The molecule has 5 heteroatoms. The van der Waals surface area contributed by atoms with Gasteiger partial charge in [-0.15, -0.1) is 0 Å². The molecule has 72 valence electrons. The molecule has 0 atom stereocenters. The summed E-state index contributed by atoms with van der Waals surface area (Å²) in [7, 11) is 1.30. The number of amides is 1. The number of carbonyl (C=O) groups is 2. The lowest BCUT2D eigenvalue weighted by molar-refractivity contribution is -0.133. The Morgan fingerprint density at radius 2 is 2.31 bits per heavy atom. The second-order valence-electron chi connectivity index (χ2n) is 2.64. The highest BCUT2D eigenvalue weighted by atomic mass is 16.5. The van der Waals surface area contributed by atoms with Gasteiger partial charge in [0.05, 0.1) is 13.7 Å². The van der Waals surface area contributed by atoms with E-state index >= 15 is 0 Å². The summed E-state index contributed by atoms with van der Waals surface area (Å²) in [6, 6.07) is 0. The van der Waals surface area contributed by atoms with Crippen molar-refractivity contribution in [1.82, 2.24) is 4.90 Å². The normalized spacial score (nSPS) is 16.8. The molecule has 1 aliphatic heterocycles. The van der Waals surface area contributed by atoms with Crippen molar-refractivity contribution in [2.45, 2.75) is 6.92 Å². The molecule has 0 saturated heterocycles. The first kappa shape index (κ1) is 9.57. The topological polar surface area (TPSA) is 66.8 Å². The van der Waals surface area contributed by atoms with Gasteiger partial charge in [-0.2, -0.15) is 0 Å². The Hall–Kier alpha value is -1.52. The van der Waals surface area contributed by atoms with Crippen LogP contribution >= 0.6 is 0 Å². The fraction of sp³-hybridized carbons (Fsp3) is 0.500. The standard InChI is InChI=1S/C8H11NO4/c1-3-9-4-5(8(11)12)6(13-2)7(9)10/h3-4H2,1-2H3,(H,11,12). The molecule has 1 heterocycles. The zero-order valence-corrected chi connectivity index (χ0v) is 7.53. The molecule has 0 aromatic rings. The maximum atomic E-state index is 11.4. The lowest BCUT2D eigenvalue weighted by atomic mass is 10.3. The summed E-state index contributed by atoms with van der Waals surface area (Å²) in [5.74, 6) is -1.49. The molecule has 1 amide bonds. The second kappa shape index (κ2) is 3.47. The fourth-order valence-corrected chi connectivity index (χ4v) is 1.24. The molecule has 0 bridgehead atoms. The Morgan fingerprint density at radius 3 is 2.62 bits per heavy atom. The third-order valence-electron chi connectivity index (χ3n) is 1.95. The van der Waals surface area contributed by atoms with Gasteiger partial charge in [-0.25, -0.2) is 4.79 Å². The van der Waals surface area contributed by atoms with Gasteiger partial charge in [0, 0.05) is 6.54 Å². The molecule has 0 fully saturated rings. The molecule has 0 unspecified atom stereocenters. The number of carbonyl (C=O) groups excluding carboxylic acids is 1. The van der Waals surface area contributed by atoms with Crippen molar-refractivity contribution in [3.8, 4) is 0 Å². The molecule has 1 rings (SSSR count). The van der Waals surface area contributed by atoms with Gasteiger partial charge in [-0.1, -0.05) is 0 Å². The van der Waals surface area contributed by atoms with Crippen LogP contribution in [0.15, 0.2) is 11.3 Å². The Balaban J connectivity index is 2.97. The van der Waals surface area contributed by atoms with E-state index in [-0.39, 0.29) is 23.8 Å². The van der Waals surface area contributed by atoms with Crippen LogP contribution in [0.2, 0.25) is 0 Å². The van der Waals surface area contributed by atoms with Crippen molar-refractivity contribution >= 4 is 11.9 Å². The molecular formula is C8H11NO4. The molecule has 5 nitrogen and oxygen atoms in total. The van der Waals surface area contributed by atoms with Crippen molar-refractivity contribution in [2.24, 2.45) is 0 Å². The van der Waals surface area contributed by atoms with Gasteiger partial charge in [0.1, 0.15) is 5.57 Å². The van der Waals surface area contributed by atoms with Gasteiger partial charge >= 0.3 is 5.97 Å². The minimum absolute atomic E-state index is 0.0364. The zero-order valence-electron chi connectivity index (χ0n) is 7.53. The largest absolute Gasteiger partial charge is 0.491 e. The molecule has 0 radical (unpaired) electrons. The molecule has 0 saturated carbocycles. The van der Waals surface area contributed by atoms with Crippen molar-refractivity contribution in [3.05, 3.63) is 11.3 Å². The predicted molar refractivity (Wildman–Crippen MR) is 43.9 cm³/mol. The van der Waals surface area contributed by atoms with Crippen LogP contribution in [-0.4, -0.2) is 42.1 Å². The van der Waals surface area contributed by atoms with Gasteiger partial charge < -0.3 is 14.7 Å². The van der Waals surface area contributed by atoms with Crippen molar-refractivity contribution in [3.63, 3.8) is 0 Å². The lowest BCUT2D eigenvalue weighted by Crippen LogP contribution is -2.27. The summed E-state index contributed by atoms with van der Waals surface area (Å²) in [4.78, 5) is 23.4. The maximum absolute atomic E-state index is 11.4. The quantitative estimate of drug-likeness (QED) is 0.663. The van der Waals surface area contributed by atoms with E-state index in [4.69, 9.17) is 9.84 Å². The Kier molecular flexibility index (Phi) is 2.55. The number of hydrogen-bond donors (Lipinski definition) is 1. The first-order chi connectivity index (χ1) is 6.11. The Bertz CT molecular complexity index is 282. The summed E-state index contributed by atoms with van der Waals surface area (Å²) >= 11 is 0. The first-order valence-corrected chi connectivity index (χ1v) is 3.91.